The monoisotopic (exact) mass is 312 g/mol. The molecular formula is C18H20N2O3. The molecule has 2 N–H and O–H groups in total. The van der Waals surface area contributed by atoms with Crippen LogP contribution in [0.5, 0.6) is 0 Å². The van der Waals surface area contributed by atoms with Gasteiger partial charge in [0.2, 0.25) is 0 Å². The molecule has 3 atom stereocenters. The molecular weight excluding hydrogens is 292 g/mol. The number of hydrogen-bond donors (Lipinski definition) is 2. The molecule has 2 bridgehead atoms. The number of carbonyl (C=O) groups is 2. The summed E-state index contributed by atoms with van der Waals surface area (Å²) in [6.45, 7) is 1.92. The van der Waals surface area contributed by atoms with E-state index in [0.29, 0.717) is 18.4 Å². The number of aromatic amines is 1. The highest BCUT2D eigenvalue weighted by Crippen LogP contribution is 2.52. The first-order chi connectivity index (χ1) is 11.1. The number of carboxylic acids is 1. The second-order valence-corrected chi connectivity index (χ2v) is 6.73. The van der Waals surface area contributed by atoms with Gasteiger partial charge >= 0.3 is 5.97 Å². The summed E-state index contributed by atoms with van der Waals surface area (Å²) in [7, 11) is 0. The number of aromatic nitrogens is 1. The van der Waals surface area contributed by atoms with Crippen LogP contribution in [0.25, 0.3) is 10.9 Å². The van der Waals surface area contributed by atoms with E-state index in [2.05, 4.69) is 4.98 Å². The van der Waals surface area contributed by atoms with Gasteiger partial charge in [0, 0.05) is 23.7 Å². The maximum absolute atomic E-state index is 13.2. The predicted octanol–water partition coefficient (Wildman–Crippen LogP) is 3.03. The first-order valence-corrected chi connectivity index (χ1v) is 8.20. The quantitative estimate of drug-likeness (QED) is 0.915. The number of hydrogen-bond acceptors (Lipinski definition) is 2. The average molecular weight is 312 g/mol. The van der Waals surface area contributed by atoms with Crippen LogP contribution in [-0.2, 0) is 4.79 Å². The lowest BCUT2D eigenvalue weighted by Crippen LogP contribution is -2.44. The fourth-order valence-corrected chi connectivity index (χ4v) is 4.65. The Bertz CT molecular complexity index is 796. The standard InChI is InChI=1S/C18H20N2O3/c1-2-18(17(22)23)10-12-6-7-14(18)20(12)16(21)13-5-3-4-11-8-9-19-15(11)13/h3-5,8-9,12,14,19H,2,6-7,10H2,1H3,(H,22,23)/t12-,14+,18+/m0/s1. The van der Waals surface area contributed by atoms with Gasteiger partial charge in [0.1, 0.15) is 0 Å². The van der Waals surface area contributed by atoms with Gasteiger partial charge in [-0.05, 0) is 37.8 Å². The lowest BCUT2D eigenvalue weighted by Gasteiger charge is -2.32. The maximum Gasteiger partial charge on any atom is 0.311 e. The van der Waals surface area contributed by atoms with Crippen molar-refractivity contribution in [2.24, 2.45) is 5.41 Å². The lowest BCUT2D eigenvalue weighted by molar-refractivity contribution is -0.151. The van der Waals surface area contributed by atoms with Crippen molar-refractivity contribution in [3.63, 3.8) is 0 Å². The highest BCUT2D eigenvalue weighted by atomic mass is 16.4. The fourth-order valence-electron chi connectivity index (χ4n) is 4.65. The number of nitrogens with zero attached hydrogens (tertiary/aromatic N) is 1. The number of nitrogens with one attached hydrogen (secondary N) is 1. The van der Waals surface area contributed by atoms with Gasteiger partial charge in [0.05, 0.1) is 16.5 Å². The SMILES string of the molecule is CC[C@@]1(C(=O)O)C[C@@H]2CC[C@H]1N2C(=O)c1cccc2cc[nH]c12. The Hall–Kier alpha value is -2.30. The van der Waals surface area contributed by atoms with Crippen molar-refractivity contribution in [2.75, 3.05) is 0 Å². The molecule has 0 unspecified atom stereocenters. The Labute approximate surface area is 134 Å². The average Bonchev–Trinajstić information content (AvgIpc) is 3.26. The van der Waals surface area contributed by atoms with E-state index >= 15 is 0 Å². The van der Waals surface area contributed by atoms with Crippen LogP contribution < -0.4 is 0 Å². The van der Waals surface area contributed by atoms with E-state index in [1.165, 1.54) is 0 Å². The van der Waals surface area contributed by atoms with Gasteiger partial charge in [-0.3, -0.25) is 9.59 Å². The molecule has 2 aliphatic rings. The van der Waals surface area contributed by atoms with Gasteiger partial charge in [-0.1, -0.05) is 19.1 Å². The van der Waals surface area contributed by atoms with Crippen molar-refractivity contribution >= 4 is 22.8 Å². The predicted molar refractivity (Wildman–Crippen MR) is 86.3 cm³/mol. The number of aliphatic carboxylic acids is 1. The fraction of sp³-hybridized carbons (Fsp3) is 0.444. The third-order valence-electron chi connectivity index (χ3n) is 5.85. The number of rotatable bonds is 3. The number of benzene rings is 1. The third-order valence-corrected chi connectivity index (χ3v) is 5.85. The molecule has 2 fully saturated rings. The number of H-pyrrole nitrogens is 1. The normalized spacial score (nSPS) is 29.3. The topological polar surface area (TPSA) is 73.4 Å². The molecule has 5 heteroatoms. The summed E-state index contributed by atoms with van der Waals surface area (Å²) < 4.78 is 0. The van der Waals surface area contributed by atoms with Crippen LogP contribution in [0.3, 0.4) is 0 Å². The zero-order valence-electron chi connectivity index (χ0n) is 13.1. The Morgan fingerprint density at radius 3 is 2.87 bits per heavy atom. The number of para-hydroxylation sites is 1. The van der Waals surface area contributed by atoms with Crippen LogP contribution in [0.15, 0.2) is 30.5 Å². The highest BCUT2D eigenvalue weighted by Gasteiger charge is 2.60. The van der Waals surface area contributed by atoms with Crippen LogP contribution in [0.1, 0.15) is 43.0 Å². The molecule has 2 aromatic rings. The minimum Gasteiger partial charge on any atom is -0.481 e. The summed E-state index contributed by atoms with van der Waals surface area (Å²) in [5, 5.41) is 10.8. The van der Waals surface area contributed by atoms with Crippen molar-refractivity contribution < 1.29 is 14.7 Å². The second kappa shape index (κ2) is 4.85. The Morgan fingerprint density at radius 2 is 2.17 bits per heavy atom. The van der Waals surface area contributed by atoms with E-state index in [0.717, 1.165) is 23.7 Å². The van der Waals surface area contributed by atoms with Crippen LogP contribution in [0.2, 0.25) is 0 Å². The van der Waals surface area contributed by atoms with E-state index in [1.54, 1.807) is 0 Å². The van der Waals surface area contributed by atoms with Gasteiger partial charge in [-0.2, -0.15) is 0 Å². The number of carbonyl (C=O) groups excluding carboxylic acids is 1. The van der Waals surface area contributed by atoms with E-state index in [4.69, 9.17) is 0 Å². The summed E-state index contributed by atoms with van der Waals surface area (Å²) in [6, 6.07) is 7.48. The van der Waals surface area contributed by atoms with Gasteiger partial charge < -0.3 is 15.0 Å². The van der Waals surface area contributed by atoms with E-state index in [9.17, 15) is 14.7 Å². The van der Waals surface area contributed by atoms with Gasteiger partial charge in [-0.25, -0.2) is 0 Å². The first-order valence-electron chi connectivity index (χ1n) is 8.20. The van der Waals surface area contributed by atoms with Gasteiger partial charge in [-0.15, -0.1) is 0 Å². The van der Waals surface area contributed by atoms with Crippen LogP contribution in [-0.4, -0.2) is 39.0 Å². The lowest BCUT2D eigenvalue weighted by atomic mass is 9.72. The van der Waals surface area contributed by atoms with Crippen molar-refractivity contribution in [3.05, 3.63) is 36.0 Å². The Kier molecular flexibility index (Phi) is 3.01. The van der Waals surface area contributed by atoms with Crippen LogP contribution >= 0.6 is 0 Å². The first kappa shape index (κ1) is 14.3. The van der Waals surface area contributed by atoms with Crippen molar-refractivity contribution in [1.29, 1.82) is 0 Å². The summed E-state index contributed by atoms with van der Waals surface area (Å²) in [6.07, 6.45) is 4.67. The molecule has 1 aromatic carbocycles. The Morgan fingerprint density at radius 1 is 1.35 bits per heavy atom. The summed E-state index contributed by atoms with van der Waals surface area (Å²) >= 11 is 0. The highest BCUT2D eigenvalue weighted by molar-refractivity contribution is 6.06. The molecule has 5 nitrogen and oxygen atoms in total. The maximum atomic E-state index is 13.2. The molecule has 0 radical (unpaired) electrons. The van der Waals surface area contributed by atoms with E-state index in [-0.39, 0.29) is 18.0 Å². The van der Waals surface area contributed by atoms with Crippen LogP contribution in [0.4, 0.5) is 0 Å². The third kappa shape index (κ3) is 1.79. The molecule has 0 spiro atoms. The molecule has 2 saturated heterocycles. The van der Waals surface area contributed by atoms with Crippen molar-refractivity contribution in [3.8, 4) is 0 Å². The summed E-state index contributed by atoms with van der Waals surface area (Å²) in [5.41, 5.74) is 0.699. The molecule has 3 heterocycles. The molecule has 1 aromatic heterocycles. The smallest absolute Gasteiger partial charge is 0.311 e. The number of carboxylic acid groups (broad SMARTS) is 1. The number of amides is 1. The van der Waals surface area contributed by atoms with E-state index < -0.39 is 11.4 Å². The molecule has 0 aliphatic carbocycles. The van der Waals surface area contributed by atoms with Gasteiger partial charge in [0.15, 0.2) is 0 Å². The van der Waals surface area contributed by atoms with Gasteiger partial charge in [0.25, 0.3) is 5.91 Å². The molecule has 120 valence electrons. The molecule has 23 heavy (non-hydrogen) atoms. The van der Waals surface area contributed by atoms with Crippen molar-refractivity contribution in [2.45, 2.75) is 44.7 Å². The zero-order valence-corrected chi connectivity index (χ0v) is 13.1. The van der Waals surface area contributed by atoms with Crippen LogP contribution in [0, 0.1) is 5.41 Å². The Balaban J connectivity index is 1.75. The second-order valence-electron chi connectivity index (χ2n) is 6.73. The molecule has 2 aliphatic heterocycles. The number of fused-ring (bicyclic) bond motifs is 3. The minimum atomic E-state index is -0.776. The molecule has 4 rings (SSSR count). The summed E-state index contributed by atoms with van der Waals surface area (Å²) in [5.74, 6) is -0.801. The largest absolute Gasteiger partial charge is 0.481 e. The molecule has 1 amide bonds. The van der Waals surface area contributed by atoms with E-state index in [1.807, 2.05) is 42.3 Å². The van der Waals surface area contributed by atoms with Crippen molar-refractivity contribution in [1.82, 2.24) is 9.88 Å². The summed E-state index contributed by atoms with van der Waals surface area (Å²) in [4.78, 5) is 30.0. The minimum absolute atomic E-state index is 0.0397. The molecule has 0 saturated carbocycles. The zero-order chi connectivity index (χ0) is 16.2.